The van der Waals surface area contributed by atoms with Gasteiger partial charge in [-0.2, -0.15) is 5.26 Å². The molecule has 53 heavy (non-hydrogen) atoms. The summed E-state index contributed by atoms with van der Waals surface area (Å²) >= 11 is 0. The summed E-state index contributed by atoms with van der Waals surface area (Å²) < 4.78 is 44.4. The Balaban J connectivity index is 1.74. The van der Waals surface area contributed by atoms with Gasteiger partial charge in [-0.1, -0.05) is 91.6 Å². The highest BCUT2D eigenvalue weighted by molar-refractivity contribution is 7.91. The number of hydrogen-bond donors (Lipinski definition) is 1. The molecule has 0 saturated carbocycles. The van der Waals surface area contributed by atoms with Crippen molar-refractivity contribution in [2.24, 2.45) is 0 Å². The van der Waals surface area contributed by atoms with Crippen LogP contribution in [-0.4, -0.2) is 54.8 Å². The van der Waals surface area contributed by atoms with Gasteiger partial charge in [-0.25, -0.2) is 17.4 Å². The maximum atomic E-state index is 14.4. The third-order valence-electron chi connectivity index (χ3n) is 11.1. The van der Waals surface area contributed by atoms with Crippen LogP contribution < -0.4 is 0 Å². The first-order valence-corrected chi connectivity index (χ1v) is 26.1. The number of rotatable bonds is 15. The zero-order valence-electron chi connectivity index (χ0n) is 33.4. The molecule has 2 heterocycles. The number of aliphatic hydroxyl groups excluding tert-OH is 1. The lowest BCUT2D eigenvalue weighted by atomic mass is 9.95. The average Bonchev–Trinajstić information content (AvgIpc) is 3.69. The summed E-state index contributed by atoms with van der Waals surface area (Å²) in [5.41, 5.74) is 5.47. The lowest BCUT2D eigenvalue weighted by Gasteiger charge is -2.42. The van der Waals surface area contributed by atoms with Crippen LogP contribution in [0.1, 0.15) is 89.1 Å². The van der Waals surface area contributed by atoms with Crippen molar-refractivity contribution in [1.82, 2.24) is 13.5 Å². The fourth-order valence-electron chi connectivity index (χ4n) is 8.29. The van der Waals surface area contributed by atoms with E-state index < -0.39 is 37.3 Å². The molecule has 0 spiro atoms. The fourth-order valence-corrected chi connectivity index (χ4v) is 16.2. The predicted molar refractivity (Wildman–Crippen MR) is 221 cm³/mol. The molecule has 5 rings (SSSR count). The summed E-state index contributed by atoms with van der Waals surface area (Å²) in [6, 6.07) is 12.3. The van der Waals surface area contributed by atoms with Gasteiger partial charge in [0.1, 0.15) is 23.4 Å². The normalized spacial score (nSPS) is 17.5. The van der Waals surface area contributed by atoms with Crippen LogP contribution in [0.5, 0.6) is 0 Å². The van der Waals surface area contributed by atoms with E-state index in [0.29, 0.717) is 68.5 Å². The molecule has 12 heteroatoms. The van der Waals surface area contributed by atoms with Gasteiger partial charge in [0.15, 0.2) is 0 Å². The monoisotopic (exact) mass is 774 g/mol. The molecule has 2 unspecified atom stereocenters. The van der Waals surface area contributed by atoms with E-state index in [9.17, 15) is 18.8 Å². The maximum Gasteiger partial charge on any atom is 0.248 e. The third-order valence-corrected chi connectivity index (χ3v) is 21.2. The van der Waals surface area contributed by atoms with Crippen LogP contribution in [0, 0.1) is 18.3 Å². The Morgan fingerprint density at radius 2 is 1.72 bits per heavy atom. The van der Waals surface area contributed by atoms with Gasteiger partial charge in [0.05, 0.1) is 34.8 Å². The molecule has 0 amide bonds. The molecule has 0 aliphatic heterocycles. The van der Waals surface area contributed by atoms with Crippen LogP contribution in [0.2, 0.25) is 42.3 Å². The first kappa shape index (κ1) is 40.9. The summed E-state index contributed by atoms with van der Waals surface area (Å²) in [5.74, 6) is 0.359. The number of aliphatic hydroxyl groups is 1. The van der Waals surface area contributed by atoms with Crippen LogP contribution >= 0.6 is 0 Å². The van der Waals surface area contributed by atoms with Gasteiger partial charge < -0.3 is 18.8 Å². The topological polar surface area (TPSA) is 119 Å². The third kappa shape index (κ3) is 7.66. The average molecular weight is 775 g/mol. The molecule has 4 aromatic rings. The zero-order valence-corrected chi connectivity index (χ0v) is 36.2. The van der Waals surface area contributed by atoms with Gasteiger partial charge >= 0.3 is 0 Å². The Hall–Kier alpha value is -3.32. The van der Waals surface area contributed by atoms with E-state index in [1.807, 2.05) is 29.7 Å². The Labute approximate surface area is 318 Å². The van der Waals surface area contributed by atoms with Crippen molar-refractivity contribution < 1.29 is 22.7 Å². The molecule has 2 atom stereocenters. The molecule has 2 aromatic carbocycles. The van der Waals surface area contributed by atoms with E-state index in [1.54, 1.807) is 49.5 Å². The first-order valence-electron chi connectivity index (χ1n) is 18.8. The number of nitrogens with zero attached hydrogens (tertiary/aromatic N) is 4. The largest absolute Gasteiger partial charge is 0.412 e. The van der Waals surface area contributed by atoms with Gasteiger partial charge in [-0.15, -0.1) is 0 Å². The highest BCUT2D eigenvalue weighted by Gasteiger charge is 2.45. The Morgan fingerprint density at radius 3 is 2.30 bits per heavy atom. The number of allylic oxidation sites excluding steroid dienone is 3. The molecular formula is C41H58N4O5SSi2. The molecule has 0 fully saturated rings. The standard InChI is InChI=1S/C41H58N4O5SSi2/c1-28(2)53(29(3)4,30(5)6)50-26-33-23-31(7)38-34(17-20-45(38)51(47,48)41(8)18-13-12-14-19-41)37(33)39(46)40-43-35-16-15-32(25-42)24-36(35)44(40)27-49-21-22-52(9,10)11/h12-18,20,23-24,28-30,39,46H,19,21-22,26-27H2,1-11H3. The second kappa shape index (κ2) is 15.4. The van der Waals surface area contributed by atoms with Crippen LogP contribution in [-0.2, 0) is 32.5 Å². The fraction of sp³-hybridized carbons (Fsp3) is 0.512. The SMILES string of the molecule is Cc1cc(CO[Si](C(C)C)(C(C)C)C(C)C)c(C(O)c2nc3ccc(C#N)cc3n2COCC[Si](C)(C)C)c2ccn(S(=O)(=O)C3(C)C=CC=CC3)c12. The lowest BCUT2D eigenvalue weighted by molar-refractivity contribution is 0.0814. The van der Waals surface area contributed by atoms with Gasteiger partial charge in [0.25, 0.3) is 0 Å². The van der Waals surface area contributed by atoms with Crippen LogP contribution in [0.4, 0.5) is 0 Å². The van der Waals surface area contributed by atoms with Gasteiger partial charge in [0.2, 0.25) is 18.3 Å². The number of aromatic nitrogens is 3. The van der Waals surface area contributed by atoms with Crippen LogP contribution in [0.3, 0.4) is 0 Å². The number of benzene rings is 2. The van der Waals surface area contributed by atoms with E-state index in [0.717, 1.165) is 17.2 Å². The van der Waals surface area contributed by atoms with Crippen molar-refractivity contribution in [3.8, 4) is 6.07 Å². The molecular weight excluding hydrogens is 717 g/mol. The Morgan fingerprint density at radius 1 is 1.04 bits per heavy atom. The number of fused-ring (bicyclic) bond motifs is 2. The number of hydrogen-bond acceptors (Lipinski definition) is 7. The Bertz CT molecular complexity index is 2170. The summed E-state index contributed by atoms with van der Waals surface area (Å²) in [6.07, 6.45) is 7.97. The van der Waals surface area contributed by atoms with Crippen LogP contribution in [0.15, 0.2) is 60.8 Å². The van der Waals surface area contributed by atoms with E-state index in [2.05, 4.69) is 67.3 Å². The highest BCUT2D eigenvalue weighted by atomic mass is 32.2. The van der Waals surface area contributed by atoms with E-state index >= 15 is 0 Å². The summed E-state index contributed by atoms with van der Waals surface area (Å²) in [6.45, 7) is 25.0. The quantitative estimate of drug-likeness (QED) is 0.0944. The van der Waals surface area contributed by atoms with Crippen molar-refractivity contribution in [3.05, 3.63) is 88.9 Å². The second-order valence-corrected chi connectivity index (χ2v) is 30.4. The minimum Gasteiger partial charge on any atom is -0.412 e. The second-order valence-electron chi connectivity index (χ2n) is 17.0. The highest BCUT2D eigenvalue weighted by Crippen LogP contribution is 2.44. The van der Waals surface area contributed by atoms with Gasteiger partial charge in [-0.05, 0) is 78.3 Å². The molecule has 2 aromatic heterocycles. The number of aryl methyl sites for hydroxylation is 1. The first-order chi connectivity index (χ1) is 24.8. The lowest BCUT2D eigenvalue weighted by Crippen LogP contribution is -2.47. The Kier molecular flexibility index (Phi) is 11.9. The summed E-state index contributed by atoms with van der Waals surface area (Å²) in [4.78, 5) is 4.95. The zero-order chi connectivity index (χ0) is 39.1. The van der Waals surface area contributed by atoms with E-state index in [-0.39, 0.29) is 13.3 Å². The molecule has 1 aliphatic rings. The van der Waals surface area contributed by atoms with E-state index in [1.165, 1.54) is 3.97 Å². The summed E-state index contributed by atoms with van der Waals surface area (Å²) in [7, 11) is -7.63. The molecule has 0 saturated heterocycles. The molecule has 0 radical (unpaired) electrons. The molecule has 1 N–H and O–H groups in total. The van der Waals surface area contributed by atoms with Crippen molar-refractivity contribution in [1.29, 1.82) is 5.26 Å². The maximum absolute atomic E-state index is 14.4. The molecule has 0 bridgehead atoms. The van der Waals surface area contributed by atoms with Crippen molar-refractivity contribution >= 4 is 48.4 Å². The minimum absolute atomic E-state index is 0.140. The van der Waals surface area contributed by atoms with Gasteiger partial charge in [-0.3, -0.25) is 0 Å². The number of imidazole rings is 1. The van der Waals surface area contributed by atoms with E-state index in [4.69, 9.17) is 14.1 Å². The summed E-state index contributed by atoms with van der Waals surface area (Å²) in [5, 5.41) is 23.1. The van der Waals surface area contributed by atoms with Gasteiger partial charge in [0, 0.05) is 31.8 Å². The predicted octanol–water partition coefficient (Wildman–Crippen LogP) is 9.71. The number of nitriles is 1. The van der Waals surface area contributed by atoms with Crippen molar-refractivity contribution in [2.45, 2.75) is 128 Å². The minimum atomic E-state index is -3.92. The molecule has 286 valence electrons. The number of ether oxygens (including phenoxy) is 1. The smallest absolute Gasteiger partial charge is 0.248 e. The molecule has 9 nitrogen and oxygen atoms in total. The van der Waals surface area contributed by atoms with Crippen molar-refractivity contribution in [2.75, 3.05) is 6.61 Å². The molecule has 1 aliphatic carbocycles. The van der Waals surface area contributed by atoms with Crippen molar-refractivity contribution in [3.63, 3.8) is 0 Å². The van der Waals surface area contributed by atoms with Crippen LogP contribution in [0.25, 0.3) is 21.9 Å².